The van der Waals surface area contributed by atoms with E-state index in [0.29, 0.717) is 12.0 Å². The molecule has 0 aliphatic carbocycles. The summed E-state index contributed by atoms with van der Waals surface area (Å²) in [6.07, 6.45) is 7.55. The van der Waals surface area contributed by atoms with E-state index < -0.39 is 0 Å². The maximum absolute atomic E-state index is 6.16. The summed E-state index contributed by atoms with van der Waals surface area (Å²) in [7, 11) is 2.10. The zero-order chi connectivity index (χ0) is 19.6. The molecule has 1 aromatic heterocycles. The quantitative estimate of drug-likeness (QED) is 0.703. The first-order valence-electron chi connectivity index (χ1n) is 11.1. The Balaban J connectivity index is 1.29. The Morgan fingerprint density at radius 3 is 2.90 bits per heavy atom. The summed E-state index contributed by atoms with van der Waals surface area (Å²) in [4.78, 5) is 9.78. The van der Waals surface area contributed by atoms with Crippen LogP contribution >= 0.6 is 0 Å². The van der Waals surface area contributed by atoms with Gasteiger partial charge in [0, 0.05) is 51.7 Å². The summed E-state index contributed by atoms with van der Waals surface area (Å²) in [6.45, 7) is 7.94. The Hall–Kier alpha value is -1.89. The predicted molar refractivity (Wildman–Crippen MR) is 112 cm³/mol. The van der Waals surface area contributed by atoms with E-state index in [-0.39, 0.29) is 0 Å². The van der Waals surface area contributed by atoms with Gasteiger partial charge in [0.05, 0.1) is 25.7 Å². The fraction of sp³-hybridized carbons (Fsp3) is 0.609. The zero-order valence-corrected chi connectivity index (χ0v) is 17.4. The first-order chi connectivity index (χ1) is 14.3. The molecule has 0 spiro atoms. The molecular weight excluding hydrogens is 364 g/mol. The van der Waals surface area contributed by atoms with Crippen molar-refractivity contribution in [1.29, 1.82) is 0 Å². The number of ether oxygens (including phenoxy) is 2. The van der Waals surface area contributed by atoms with Gasteiger partial charge in [-0.3, -0.25) is 9.80 Å². The maximum atomic E-state index is 6.16. The number of aryl methyl sites for hydroxylation is 1. The standard InChI is InChI=1S/C23H32N4O2/c1-25-10-7-24-23(25)21-17-27-9-2-4-22(27)20-16-18(5-6-19(20)21)29-13-3-8-26-11-14-28-15-12-26/h5-7,10,16,21-22H,2-4,8-9,11-15,17H2,1H3/t21?,22-/m0/s1. The third kappa shape index (κ3) is 3.93. The molecule has 156 valence electrons. The Bertz CT molecular complexity index is 830. The largest absolute Gasteiger partial charge is 0.494 e. The molecule has 6 nitrogen and oxygen atoms in total. The molecule has 0 amide bonds. The third-order valence-corrected chi connectivity index (χ3v) is 6.73. The van der Waals surface area contributed by atoms with Crippen molar-refractivity contribution in [3.05, 3.63) is 47.5 Å². The van der Waals surface area contributed by atoms with Crippen LogP contribution in [-0.2, 0) is 11.8 Å². The number of aromatic nitrogens is 2. The molecule has 3 aliphatic heterocycles. The van der Waals surface area contributed by atoms with Crippen LogP contribution in [0.4, 0.5) is 0 Å². The molecule has 2 aromatic rings. The first kappa shape index (κ1) is 19.1. The smallest absolute Gasteiger partial charge is 0.119 e. The molecule has 2 fully saturated rings. The molecule has 3 aliphatic rings. The highest BCUT2D eigenvalue weighted by Gasteiger charge is 2.37. The number of hydrogen-bond donors (Lipinski definition) is 0. The van der Waals surface area contributed by atoms with Crippen molar-refractivity contribution in [2.75, 3.05) is 52.5 Å². The minimum Gasteiger partial charge on any atom is -0.494 e. The van der Waals surface area contributed by atoms with Gasteiger partial charge >= 0.3 is 0 Å². The van der Waals surface area contributed by atoms with Crippen LogP contribution in [0.1, 0.15) is 48.2 Å². The van der Waals surface area contributed by atoms with E-state index in [9.17, 15) is 0 Å². The Kier molecular flexibility index (Phi) is 5.57. The van der Waals surface area contributed by atoms with Gasteiger partial charge in [-0.1, -0.05) is 6.07 Å². The molecule has 6 heteroatoms. The van der Waals surface area contributed by atoms with Crippen molar-refractivity contribution < 1.29 is 9.47 Å². The van der Waals surface area contributed by atoms with E-state index in [0.717, 1.165) is 64.0 Å². The van der Waals surface area contributed by atoms with Crippen LogP contribution in [-0.4, -0.2) is 71.9 Å². The normalized spacial score (nSPS) is 25.0. The van der Waals surface area contributed by atoms with Crippen molar-refractivity contribution in [2.24, 2.45) is 7.05 Å². The van der Waals surface area contributed by atoms with Crippen LogP contribution in [0, 0.1) is 0 Å². The topological polar surface area (TPSA) is 42.8 Å². The van der Waals surface area contributed by atoms with E-state index in [1.165, 1.54) is 30.5 Å². The fourth-order valence-corrected chi connectivity index (χ4v) is 5.21. The molecule has 0 saturated carbocycles. The SMILES string of the molecule is Cn1ccnc1C1CN2CCC[C@H]2c2cc(OCCCN3CCOCC3)ccc21. The van der Waals surface area contributed by atoms with Crippen molar-refractivity contribution in [2.45, 2.75) is 31.2 Å². The number of hydrogen-bond acceptors (Lipinski definition) is 5. The lowest BCUT2D eigenvalue weighted by Crippen LogP contribution is -2.37. The van der Waals surface area contributed by atoms with Crippen LogP contribution in [0.2, 0.25) is 0 Å². The van der Waals surface area contributed by atoms with Crippen LogP contribution in [0.25, 0.3) is 0 Å². The first-order valence-corrected chi connectivity index (χ1v) is 11.1. The van der Waals surface area contributed by atoms with Crippen molar-refractivity contribution in [3.8, 4) is 5.75 Å². The number of benzene rings is 1. The lowest BCUT2D eigenvalue weighted by atomic mass is 9.84. The van der Waals surface area contributed by atoms with Gasteiger partial charge in [-0.05, 0) is 49.1 Å². The second-order valence-electron chi connectivity index (χ2n) is 8.55. The van der Waals surface area contributed by atoms with Crippen molar-refractivity contribution in [3.63, 3.8) is 0 Å². The lowest BCUT2D eigenvalue weighted by Gasteiger charge is -2.37. The highest BCUT2D eigenvalue weighted by atomic mass is 16.5. The molecule has 1 aromatic carbocycles. The molecule has 5 rings (SSSR count). The zero-order valence-electron chi connectivity index (χ0n) is 17.4. The number of fused-ring (bicyclic) bond motifs is 3. The molecule has 4 heterocycles. The maximum Gasteiger partial charge on any atom is 0.119 e. The van der Waals surface area contributed by atoms with Crippen LogP contribution in [0.15, 0.2) is 30.6 Å². The van der Waals surface area contributed by atoms with Gasteiger partial charge in [-0.15, -0.1) is 0 Å². The predicted octanol–water partition coefficient (Wildman–Crippen LogP) is 2.80. The van der Waals surface area contributed by atoms with Crippen molar-refractivity contribution in [1.82, 2.24) is 19.4 Å². The minimum absolute atomic E-state index is 0.342. The summed E-state index contributed by atoms with van der Waals surface area (Å²) >= 11 is 0. The second kappa shape index (κ2) is 8.46. The van der Waals surface area contributed by atoms with Crippen LogP contribution < -0.4 is 4.74 Å². The van der Waals surface area contributed by atoms with Gasteiger partial charge < -0.3 is 14.0 Å². The molecule has 2 atom stereocenters. The third-order valence-electron chi connectivity index (χ3n) is 6.73. The van der Waals surface area contributed by atoms with Crippen LogP contribution in [0.3, 0.4) is 0 Å². The minimum atomic E-state index is 0.342. The molecular formula is C23H32N4O2. The fourth-order valence-electron chi connectivity index (χ4n) is 5.21. The van der Waals surface area contributed by atoms with E-state index in [1.807, 2.05) is 6.20 Å². The number of nitrogens with zero attached hydrogens (tertiary/aromatic N) is 4. The summed E-state index contributed by atoms with van der Waals surface area (Å²) in [5, 5.41) is 0. The average molecular weight is 397 g/mol. The number of rotatable bonds is 6. The molecule has 1 unspecified atom stereocenters. The van der Waals surface area contributed by atoms with Crippen LogP contribution in [0.5, 0.6) is 5.75 Å². The van der Waals surface area contributed by atoms with E-state index in [2.05, 4.69) is 50.8 Å². The summed E-state index contributed by atoms with van der Waals surface area (Å²) in [6, 6.07) is 7.30. The number of morpholine rings is 1. The summed E-state index contributed by atoms with van der Waals surface area (Å²) < 4.78 is 13.8. The molecule has 0 radical (unpaired) electrons. The van der Waals surface area contributed by atoms with E-state index in [4.69, 9.17) is 9.47 Å². The Labute approximate surface area is 173 Å². The molecule has 0 bridgehead atoms. The Morgan fingerprint density at radius 1 is 1.17 bits per heavy atom. The van der Waals surface area contributed by atoms with E-state index in [1.54, 1.807) is 0 Å². The van der Waals surface area contributed by atoms with Gasteiger partial charge in [0.2, 0.25) is 0 Å². The van der Waals surface area contributed by atoms with Gasteiger partial charge in [0.1, 0.15) is 11.6 Å². The molecule has 2 saturated heterocycles. The lowest BCUT2D eigenvalue weighted by molar-refractivity contribution is 0.0358. The Morgan fingerprint density at radius 2 is 2.07 bits per heavy atom. The van der Waals surface area contributed by atoms with Gasteiger partial charge in [-0.2, -0.15) is 0 Å². The summed E-state index contributed by atoms with van der Waals surface area (Å²) in [5.41, 5.74) is 2.88. The highest BCUT2D eigenvalue weighted by molar-refractivity contribution is 5.44. The summed E-state index contributed by atoms with van der Waals surface area (Å²) in [5.74, 6) is 2.52. The van der Waals surface area contributed by atoms with Gasteiger partial charge in [-0.25, -0.2) is 4.98 Å². The second-order valence-corrected chi connectivity index (χ2v) is 8.55. The van der Waals surface area contributed by atoms with Gasteiger partial charge in [0.15, 0.2) is 0 Å². The monoisotopic (exact) mass is 396 g/mol. The molecule has 0 N–H and O–H groups in total. The highest BCUT2D eigenvalue weighted by Crippen LogP contribution is 2.44. The van der Waals surface area contributed by atoms with Crippen molar-refractivity contribution >= 4 is 0 Å². The van der Waals surface area contributed by atoms with E-state index >= 15 is 0 Å². The average Bonchev–Trinajstić information content (AvgIpc) is 3.40. The number of imidazole rings is 1. The molecule has 29 heavy (non-hydrogen) atoms. The van der Waals surface area contributed by atoms with Gasteiger partial charge in [0.25, 0.3) is 0 Å².